The van der Waals surface area contributed by atoms with Crippen molar-refractivity contribution in [3.05, 3.63) is 59.7 Å². The van der Waals surface area contributed by atoms with E-state index < -0.39 is 15.8 Å². The lowest BCUT2D eigenvalue weighted by molar-refractivity contribution is 0.247. The van der Waals surface area contributed by atoms with Crippen molar-refractivity contribution >= 4 is 10.0 Å². The van der Waals surface area contributed by atoms with Gasteiger partial charge in [-0.25, -0.2) is 12.8 Å². The Hall–Kier alpha value is -2.78. The fourth-order valence-electron chi connectivity index (χ4n) is 3.89. The highest BCUT2D eigenvalue weighted by atomic mass is 32.2. The SMILES string of the molecule is COc1ccc(S(=O)(=O)N2CCCC(Cc3nc(-c4ccccc4C)no3)C2)cc1F. The summed E-state index contributed by atoms with van der Waals surface area (Å²) < 4.78 is 51.8. The molecule has 0 spiro atoms. The Morgan fingerprint density at radius 1 is 1.26 bits per heavy atom. The zero-order valence-corrected chi connectivity index (χ0v) is 18.2. The van der Waals surface area contributed by atoms with E-state index in [9.17, 15) is 12.8 Å². The molecule has 9 heteroatoms. The van der Waals surface area contributed by atoms with E-state index in [1.54, 1.807) is 0 Å². The molecular weight excluding hydrogens is 421 g/mol. The Morgan fingerprint density at radius 2 is 2.06 bits per heavy atom. The van der Waals surface area contributed by atoms with Gasteiger partial charge in [0.2, 0.25) is 21.7 Å². The smallest absolute Gasteiger partial charge is 0.243 e. The summed E-state index contributed by atoms with van der Waals surface area (Å²) in [5.74, 6) is 0.361. The van der Waals surface area contributed by atoms with E-state index in [2.05, 4.69) is 10.1 Å². The molecule has 0 bridgehead atoms. The molecule has 1 aliphatic rings. The fraction of sp³-hybridized carbons (Fsp3) is 0.364. The quantitative estimate of drug-likeness (QED) is 0.573. The van der Waals surface area contributed by atoms with Gasteiger partial charge in [-0.2, -0.15) is 9.29 Å². The lowest BCUT2D eigenvalue weighted by atomic mass is 9.96. The lowest BCUT2D eigenvalue weighted by Gasteiger charge is -2.31. The van der Waals surface area contributed by atoms with Gasteiger partial charge in [-0.15, -0.1) is 0 Å². The fourth-order valence-corrected chi connectivity index (χ4v) is 5.45. The van der Waals surface area contributed by atoms with Gasteiger partial charge < -0.3 is 9.26 Å². The van der Waals surface area contributed by atoms with Gasteiger partial charge in [0.15, 0.2) is 11.6 Å². The highest BCUT2D eigenvalue weighted by Gasteiger charge is 2.31. The predicted octanol–water partition coefficient (Wildman–Crippen LogP) is 3.84. The molecule has 0 N–H and O–H groups in total. The molecule has 1 aromatic heterocycles. The molecule has 164 valence electrons. The standard InChI is InChI=1S/C22H24FN3O4S/c1-15-6-3-4-8-18(15)22-24-21(30-25-22)12-16-7-5-11-26(14-16)31(27,28)17-9-10-20(29-2)19(23)13-17/h3-4,6,8-10,13,16H,5,7,11-12,14H2,1-2H3. The first kappa shape index (κ1) is 21.5. The molecule has 1 atom stereocenters. The molecule has 4 rings (SSSR count). The number of sulfonamides is 1. The van der Waals surface area contributed by atoms with Crippen LogP contribution >= 0.6 is 0 Å². The maximum atomic E-state index is 14.0. The van der Waals surface area contributed by atoms with Gasteiger partial charge in [-0.1, -0.05) is 29.4 Å². The second-order valence-electron chi connectivity index (χ2n) is 7.70. The highest BCUT2D eigenvalue weighted by Crippen LogP contribution is 2.28. The molecule has 2 aromatic carbocycles. The molecule has 0 amide bonds. The molecule has 1 fully saturated rings. The number of aryl methyl sites for hydroxylation is 1. The van der Waals surface area contributed by atoms with E-state index in [0.717, 1.165) is 23.6 Å². The van der Waals surface area contributed by atoms with Crippen LogP contribution in [-0.2, 0) is 16.4 Å². The molecule has 1 saturated heterocycles. The van der Waals surface area contributed by atoms with Gasteiger partial charge in [0, 0.05) is 25.1 Å². The number of hydrogen-bond donors (Lipinski definition) is 0. The molecule has 0 saturated carbocycles. The Kier molecular flexibility index (Phi) is 6.06. The van der Waals surface area contributed by atoms with Crippen molar-refractivity contribution in [2.24, 2.45) is 5.92 Å². The summed E-state index contributed by atoms with van der Waals surface area (Å²) in [7, 11) is -2.47. The van der Waals surface area contributed by atoms with Crippen molar-refractivity contribution in [3.8, 4) is 17.1 Å². The number of piperidine rings is 1. The number of hydrogen-bond acceptors (Lipinski definition) is 6. The number of methoxy groups -OCH3 is 1. The lowest BCUT2D eigenvalue weighted by Crippen LogP contribution is -2.40. The summed E-state index contributed by atoms with van der Waals surface area (Å²) in [5, 5.41) is 4.08. The largest absolute Gasteiger partial charge is 0.494 e. The summed E-state index contributed by atoms with van der Waals surface area (Å²) in [4.78, 5) is 4.42. The number of benzene rings is 2. The van der Waals surface area contributed by atoms with E-state index >= 15 is 0 Å². The van der Waals surface area contributed by atoms with Gasteiger partial charge in [-0.3, -0.25) is 0 Å². The van der Waals surface area contributed by atoms with Crippen LogP contribution in [0.25, 0.3) is 11.4 Å². The van der Waals surface area contributed by atoms with Gasteiger partial charge >= 0.3 is 0 Å². The van der Waals surface area contributed by atoms with Crippen LogP contribution in [-0.4, -0.2) is 43.1 Å². The molecule has 0 radical (unpaired) electrons. The van der Waals surface area contributed by atoms with Crippen molar-refractivity contribution in [2.45, 2.75) is 31.1 Å². The summed E-state index contributed by atoms with van der Waals surface area (Å²) >= 11 is 0. The van der Waals surface area contributed by atoms with E-state index in [1.165, 1.54) is 23.5 Å². The Morgan fingerprint density at radius 3 is 2.81 bits per heavy atom. The van der Waals surface area contributed by atoms with Crippen LogP contribution in [0.3, 0.4) is 0 Å². The van der Waals surface area contributed by atoms with Gasteiger partial charge in [0.1, 0.15) is 0 Å². The zero-order chi connectivity index (χ0) is 22.0. The average Bonchev–Trinajstić information content (AvgIpc) is 3.22. The summed E-state index contributed by atoms with van der Waals surface area (Å²) in [6, 6.07) is 11.5. The van der Waals surface area contributed by atoms with Gasteiger partial charge in [0.05, 0.1) is 12.0 Å². The third-order valence-electron chi connectivity index (χ3n) is 5.56. The normalized spacial score (nSPS) is 17.6. The van der Waals surface area contributed by atoms with Crippen molar-refractivity contribution in [1.29, 1.82) is 0 Å². The molecule has 31 heavy (non-hydrogen) atoms. The van der Waals surface area contributed by atoms with E-state index in [0.29, 0.717) is 37.6 Å². The maximum absolute atomic E-state index is 14.0. The first-order valence-corrected chi connectivity index (χ1v) is 11.5. The molecule has 3 aromatic rings. The number of nitrogens with zero attached hydrogens (tertiary/aromatic N) is 3. The Balaban J connectivity index is 1.48. The summed E-state index contributed by atoms with van der Waals surface area (Å²) in [5.41, 5.74) is 1.96. The Labute approximate surface area is 180 Å². The first-order chi connectivity index (χ1) is 14.9. The van der Waals surface area contributed by atoms with E-state index in [4.69, 9.17) is 9.26 Å². The minimum absolute atomic E-state index is 0.0105. The number of aromatic nitrogens is 2. The minimum Gasteiger partial charge on any atom is -0.494 e. The van der Waals surface area contributed by atoms with Crippen LogP contribution in [0.5, 0.6) is 5.75 Å². The van der Waals surface area contributed by atoms with Crippen LogP contribution < -0.4 is 4.74 Å². The third-order valence-corrected chi connectivity index (χ3v) is 7.42. The highest BCUT2D eigenvalue weighted by molar-refractivity contribution is 7.89. The van der Waals surface area contributed by atoms with E-state index in [-0.39, 0.29) is 16.6 Å². The Bertz CT molecular complexity index is 1180. The van der Waals surface area contributed by atoms with E-state index in [1.807, 2.05) is 31.2 Å². The van der Waals surface area contributed by atoms with Gasteiger partial charge in [-0.05, 0) is 49.4 Å². The monoisotopic (exact) mass is 445 g/mol. The molecule has 7 nitrogen and oxygen atoms in total. The second kappa shape index (κ2) is 8.76. The van der Waals surface area contributed by atoms with Crippen LogP contribution in [0.2, 0.25) is 0 Å². The number of ether oxygens (including phenoxy) is 1. The van der Waals surface area contributed by atoms with Gasteiger partial charge in [0.25, 0.3) is 0 Å². The topological polar surface area (TPSA) is 85.5 Å². The number of halogens is 1. The van der Waals surface area contributed by atoms with Crippen molar-refractivity contribution in [3.63, 3.8) is 0 Å². The minimum atomic E-state index is -3.81. The third kappa shape index (κ3) is 4.47. The van der Waals surface area contributed by atoms with Crippen molar-refractivity contribution in [1.82, 2.24) is 14.4 Å². The van der Waals surface area contributed by atoms with Crippen molar-refractivity contribution < 1.29 is 22.1 Å². The second-order valence-corrected chi connectivity index (χ2v) is 9.64. The van der Waals surface area contributed by atoms with Crippen molar-refractivity contribution in [2.75, 3.05) is 20.2 Å². The molecule has 0 aliphatic carbocycles. The average molecular weight is 446 g/mol. The summed E-state index contributed by atoms with van der Waals surface area (Å²) in [6.45, 7) is 2.69. The first-order valence-electron chi connectivity index (χ1n) is 10.1. The van der Waals surface area contributed by atoms with Crippen LogP contribution in [0, 0.1) is 18.7 Å². The van der Waals surface area contributed by atoms with Crippen LogP contribution in [0.4, 0.5) is 4.39 Å². The predicted molar refractivity (Wildman–Crippen MR) is 113 cm³/mol. The molecule has 2 heterocycles. The molecule has 1 unspecified atom stereocenters. The zero-order valence-electron chi connectivity index (χ0n) is 17.4. The van der Waals surface area contributed by atoms with Crippen LogP contribution in [0.1, 0.15) is 24.3 Å². The summed E-state index contributed by atoms with van der Waals surface area (Å²) in [6.07, 6.45) is 2.05. The van der Waals surface area contributed by atoms with Crippen LogP contribution in [0.15, 0.2) is 51.9 Å². The number of rotatable bonds is 6. The molecule has 1 aliphatic heterocycles. The molecular formula is C22H24FN3O4S. The maximum Gasteiger partial charge on any atom is 0.243 e.